The first-order valence-corrected chi connectivity index (χ1v) is 6.20. The number of aromatic carboxylic acids is 1. The van der Waals surface area contributed by atoms with E-state index in [1.807, 2.05) is 0 Å². The maximum absolute atomic E-state index is 11.9. The Kier molecular flexibility index (Phi) is 2.31. The fourth-order valence-electron chi connectivity index (χ4n) is 2.24. The van der Waals surface area contributed by atoms with E-state index >= 15 is 0 Å². The Morgan fingerprint density at radius 3 is 2.39 bits per heavy atom. The predicted molar refractivity (Wildman–Crippen MR) is 65.2 cm³/mol. The van der Waals surface area contributed by atoms with Crippen LogP contribution in [0.5, 0.6) is 0 Å². The molecule has 18 heavy (non-hydrogen) atoms. The maximum atomic E-state index is 11.9. The van der Waals surface area contributed by atoms with Gasteiger partial charge in [-0.2, -0.15) is 0 Å². The SMILES string of the molecule is O=C(O)c1ccc(N2C(=O)C3CC3C2=O)c(Br)c1. The van der Waals surface area contributed by atoms with Crippen molar-refractivity contribution in [2.45, 2.75) is 6.42 Å². The van der Waals surface area contributed by atoms with E-state index in [9.17, 15) is 14.4 Å². The first kappa shape index (κ1) is 11.4. The summed E-state index contributed by atoms with van der Waals surface area (Å²) in [7, 11) is 0. The van der Waals surface area contributed by atoms with Crippen molar-refractivity contribution in [2.24, 2.45) is 11.8 Å². The van der Waals surface area contributed by atoms with Crippen LogP contribution in [0.3, 0.4) is 0 Å². The molecular weight excluding hydrogens is 302 g/mol. The number of nitrogens with zero attached hydrogens (tertiary/aromatic N) is 1. The van der Waals surface area contributed by atoms with Crippen molar-refractivity contribution in [3.63, 3.8) is 0 Å². The van der Waals surface area contributed by atoms with E-state index < -0.39 is 5.97 Å². The minimum Gasteiger partial charge on any atom is -0.478 e. The molecule has 1 N–H and O–H groups in total. The van der Waals surface area contributed by atoms with Gasteiger partial charge in [-0.05, 0) is 40.5 Å². The number of hydrogen-bond donors (Lipinski definition) is 1. The second kappa shape index (κ2) is 3.65. The van der Waals surface area contributed by atoms with Crippen LogP contribution in [0.2, 0.25) is 0 Å². The number of amides is 2. The molecule has 2 aliphatic rings. The number of rotatable bonds is 2. The van der Waals surface area contributed by atoms with E-state index in [1.165, 1.54) is 18.2 Å². The lowest BCUT2D eigenvalue weighted by Gasteiger charge is -2.18. The summed E-state index contributed by atoms with van der Waals surface area (Å²) in [6.45, 7) is 0. The molecule has 1 saturated carbocycles. The van der Waals surface area contributed by atoms with Gasteiger partial charge < -0.3 is 5.11 Å². The number of imide groups is 1. The molecular formula is C12H8BrNO4. The van der Waals surface area contributed by atoms with Crippen molar-refractivity contribution < 1.29 is 19.5 Å². The van der Waals surface area contributed by atoms with Crippen molar-refractivity contribution in [1.29, 1.82) is 0 Å². The van der Waals surface area contributed by atoms with Gasteiger partial charge in [0.05, 0.1) is 23.1 Å². The highest BCUT2D eigenvalue weighted by Gasteiger charge is 2.59. The standard InChI is InChI=1S/C12H8BrNO4/c13-8-3-5(12(17)18)1-2-9(8)14-10(15)6-4-7(6)11(14)16/h1-3,6-7H,4H2,(H,17,18). The van der Waals surface area contributed by atoms with Crippen LogP contribution in [0.4, 0.5) is 5.69 Å². The van der Waals surface area contributed by atoms with Crippen LogP contribution in [-0.2, 0) is 9.59 Å². The second-order valence-corrected chi connectivity index (χ2v) is 5.29. The summed E-state index contributed by atoms with van der Waals surface area (Å²) < 4.78 is 0.436. The third-order valence-corrected chi connectivity index (χ3v) is 3.94. The molecule has 1 aliphatic carbocycles. The van der Waals surface area contributed by atoms with E-state index in [2.05, 4.69) is 15.9 Å². The third-order valence-electron chi connectivity index (χ3n) is 3.30. The molecule has 1 aliphatic heterocycles. The van der Waals surface area contributed by atoms with Crippen LogP contribution in [0.15, 0.2) is 22.7 Å². The summed E-state index contributed by atoms with van der Waals surface area (Å²) in [6.07, 6.45) is 0.652. The van der Waals surface area contributed by atoms with E-state index in [1.54, 1.807) is 0 Å². The topological polar surface area (TPSA) is 74.7 Å². The monoisotopic (exact) mass is 309 g/mol. The quantitative estimate of drug-likeness (QED) is 0.843. The van der Waals surface area contributed by atoms with Gasteiger partial charge in [0.25, 0.3) is 0 Å². The molecule has 3 rings (SSSR count). The molecule has 0 bridgehead atoms. The molecule has 0 aromatic heterocycles. The smallest absolute Gasteiger partial charge is 0.335 e. The summed E-state index contributed by atoms with van der Waals surface area (Å²) in [5, 5.41) is 8.85. The summed E-state index contributed by atoms with van der Waals surface area (Å²) in [5.74, 6) is -1.75. The van der Waals surface area contributed by atoms with Crippen molar-refractivity contribution in [2.75, 3.05) is 4.90 Å². The van der Waals surface area contributed by atoms with Crippen LogP contribution in [-0.4, -0.2) is 22.9 Å². The molecule has 2 atom stereocenters. The molecule has 6 heteroatoms. The van der Waals surface area contributed by atoms with Gasteiger partial charge in [-0.3, -0.25) is 9.59 Å². The number of fused-ring (bicyclic) bond motifs is 1. The fourth-order valence-corrected chi connectivity index (χ4v) is 2.80. The van der Waals surface area contributed by atoms with Crippen LogP contribution in [0.1, 0.15) is 16.8 Å². The molecule has 2 unspecified atom stereocenters. The van der Waals surface area contributed by atoms with Crippen molar-refractivity contribution in [3.05, 3.63) is 28.2 Å². The van der Waals surface area contributed by atoms with Gasteiger partial charge in [0.15, 0.2) is 0 Å². The highest BCUT2D eigenvalue weighted by Crippen LogP contribution is 2.49. The van der Waals surface area contributed by atoms with E-state index in [0.29, 0.717) is 16.6 Å². The molecule has 1 aromatic carbocycles. The van der Waals surface area contributed by atoms with Crippen LogP contribution < -0.4 is 4.90 Å². The summed E-state index contributed by atoms with van der Waals surface area (Å²) in [4.78, 5) is 35.7. The molecule has 92 valence electrons. The van der Waals surface area contributed by atoms with E-state index in [-0.39, 0.29) is 29.2 Å². The summed E-state index contributed by atoms with van der Waals surface area (Å²) in [6, 6.07) is 4.25. The first-order chi connectivity index (χ1) is 8.50. The van der Waals surface area contributed by atoms with Gasteiger partial charge >= 0.3 is 5.97 Å². The Morgan fingerprint density at radius 1 is 1.28 bits per heavy atom. The molecule has 0 spiro atoms. The Labute approximate surface area is 111 Å². The van der Waals surface area contributed by atoms with Crippen LogP contribution in [0, 0.1) is 11.8 Å². The number of anilines is 1. The fraction of sp³-hybridized carbons (Fsp3) is 0.250. The van der Waals surface area contributed by atoms with Gasteiger partial charge in [-0.1, -0.05) is 0 Å². The number of benzene rings is 1. The van der Waals surface area contributed by atoms with E-state index in [4.69, 9.17) is 5.11 Å². The van der Waals surface area contributed by atoms with Crippen molar-refractivity contribution in [1.82, 2.24) is 0 Å². The highest BCUT2D eigenvalue weighted by molar-refractivity contribution is 9.10. The number of hydrogen-bond acceptors (Lipinski definition) is 3. The first-order valence-electron chi connectivity index (χ1n) is 5.41. The normalized spacial score (nSPS) is 25.3. The second-order valence-electron chi connectivity index (χ2n) is 4.43. The minimum absolute atomic E-state index is 0.106. The lowest BCUT2D eigenvalue weighted by atomic mass is 10.2. The maximum Gasteiger partial charge on any atom is 0.335 e. The molecule has 1 heterocycles. The molecule has 1 saturated heterocycles. The van der Waals surface area contributed by atoms with Crippen LogP contribution >= 0.6 is 15.9 Å². The van der Waals surface area contributed by atoms with Crippen molar-refractivity contribution >= 4 is 39.4 Å². The lowest BCUT2D eigenvalue weighted by Crippen LogP contribution is -2.33. The Balaban J connectivity index is 2.00. The van der Waals surface area contributed by atoms with Gasteiger partial charge in [-0.15, -0.1) is 0 Å². The van der Waals surface area contributed by atoms with Crippen LogP contribution in [0.25, 0.3) is 0 Å². The molecule has 2 amide bonds. The zero-order valence-corrected chi connectivity index (χ0v) is 10.7. The molecule has 5 nitrogen and oxygen atoms in total. The Hall–Kier alpha value is -1.69. The van der Waals surface area contributed by atoms with Gasteiger partial charge in [0.1, 0.15) is 0 Å². The van der Waals surface area contributed by atoms with E-state index in [0.717, 1.165) is 4.90 Å². The lowest BCUT2D eigenvalue weighted by molar-refractivity contribution is -0.123. The number of halogens is 1. The molecule has 2 fully saturated rings. The Bertz CT molecular complexity index is 578. The highest BCUT2D eigenvalue weighted by atomic mass is 79.9. The molecule has 0 radical (unpaired) electrons. The predicted octanol–water partition coefficient (Wildman–Crippen LogP) is 1.66. The zero-order chi connectivity index (χ0) is 13.0. The van der Waals surface area contributed by atoms with Crippen molar-refractivity contribution in [3.8, 4) is 0 Å². The third kappa shape index (κ3) is 1.49. The zero-order valence-electron chi connectivity index (χ0n) is 9.09. The number of carboxylic acid groups (broad SMARTS) is 1. The van der Waals surface area contributed by atoms with Gasteiger partial charge in [0, 0.05) is 4.47 Å². The number of carboxylic acids is 1. The average Bonchev–Trinajstić information content (AvgIpc) is 3.06. The summed E-state index contributed by atoms with van der Waals surface area (Å²) in [5.41, 5.74) is 0.525. The van der Waals surface area contributed by atoms with Gasteiger partial charge in [-0.25, -0.2) is 9.69 Å². The number of carbonyl (C=O) groups is 3. The largest absolute Gasteiger partial charge is 0.478 e. The van der Waals surface area contributed by atoms with Gasteiger partial charge in [0.2, 0.25) is 11.8 Å². The Morgan fingerprint density at radius 2 is 1.89 bits per heavy atom. The number of piperidine rings is 1. The summed E-state index contributed by atoms with van der Waals surface area (Å²) >= 11 is 3.21. The minimum atomic E-state index is -1.05. The molecule has 1 aromatic rings. The average molecular weight is 310 g/mol. The number of carbonyl (C=O) groups excluding carboxylic acids is 2.